The van der Waals surface area contributed by atoms with Crippen LogP contribution >= 0.6 is 0 Å². The van der Waals surface area contributed by atoms with Gasteiger partial charge in [0, 0.05) is 21.7 Å². The summed E-state index contributed by atoms with van der Waals surface area (Å²) in [4.78, 5) is 0. The molecule has 0 aliphatic rings. The molecule has 2 nitrogen and oxygen atoms in total. The van der Waals surface area contributed by atoms with Crippen LogP contribution in [-0.4, -0.2) is 11.0 Å². The second-order valence-electron chi connectivity index (χ2n) is 0.707. The third kappa shape index (κ3) is 152. The van der Waals surface area contributed by atoms with Crippen LogP contribution in [0.25, 0.3) is 0 Å². The van der Waals surface area contributed by atoms with Crippen molar-refractivity contribution < 1.29 is 32.7 Å². The average molecular weight is 128 g/mol. The van der Waals surface area contributed by atoms with Crippen LogP contribution in [0.1, 0.15) is 20.3 Å². The van der Waals surface area contributed by atoms with E-state index >= 15 is 0 Å². The molecule has 0 saturated carbocycles. The van der Waals surface area contributed by atoms with Crippen molar-refractivity contribution in [2.24, 2.45) is 0 Å². The van der Waals surface area contributed by atoms with Crippen molar-refractivity contribution in [1.29, 1.82) is 0 Å². The van der Waals surface area contributed by atoms with Crippen LogP contribution in [0.15, 0.2) is 0 Å². The molecule has 4 N–H and O–H groups in total. The van der Waals surface area contributed by atoms with Crippen molar-refractivity contribution in [3.8, 4) is 0 Å². The summed E-state index contributed by atoms with van der Waals surface area (Å²) in [6, 6.07) is 0. The first-order valence-electron chi connectivity index (χ1n) is 1.41. The molecule has 0 radical (unpaired) electrons. The zero-order chi connectivity index (χ0) is 2.71. The molecular formula is C3H12O2Ti. The summed E-state index contributed by atoms with van der Waals surface area (Å²) < 4.78 is 0. The first-order valence-corrected chi connectivity index (χ1v) is 1.41. The van der Waals surface area contributed by atoms with Crippen LogP contribution in [0, 0.1) is 0 Å². The van der Waals surface area contributed by atoms with E-state index in [1.807, 2.05) is 0 Å². The minimum absolute atomic E-state index is 0. The second kappa shape index (κ2) is 45.3. The summed E-state index contributed by atoms with van der Waals surface area (Å²) in [5, 5.41) is 0. The maximum atomic E-state index is 2.12. The third-order valence-corrected chi connectivity index (χ3v) is 0. The molecule has 0 atom stereocenters. The van der Waals surface area contributed by atoms with Gasteiger partial charge in [0.05, 0.1) is 0 Å². The van der Waals surface area contributed by atoms with Gasteiger partial charge in [-0.15, -0.1) is 0 Å². The zero-order valence-corrected chi connectivity index (χ0v) is 5.77. The van der Waals surface area contributed by atoms with Crippen LogP contribution in [0.2, 0.25) is 0 Å². The van der Waals surface area contributed by atoms with E-state index in [1.165, 1.54) is 6.42 Å². The predicted molar refractivity (Wildman–Crippen MR) is 23.2 cm³/mol. The first kappa shape index (κ1) is 30.3. The number of hydrogen-bond acceptors (Lipinski definition) is 0. The normalized spacial score (nSPS) is 3.00. The van der Waals surface area contributed by atoms with Gasteiger partial charge < -0.3 is 11.0 Å². The van der Waals surface area contributed by atoms with Crippen molar-refractivity contribution in [2.75, 3.05) is 0 Å². The van der Waals surface area contributed by atoms with Gasteiger partial charge in [0.1, 0.15) is 0 Å². The van der Waals surface area contributed by atoms with Gasteiger partial charge >= 0.3 is 0 Å². The smallest absolute Gasteiger partial charge is 0 e. The maximum Gasteiger partial charge on any atom is 0 e. The van der Waals surface area contributed by atoms with E-state index < -0.39 is 0 Å². The van der Waals surface area contributed by atoms with Gasteiger partial charge in [-0.25, -0.2) is 0 Å². The molecule has 0 saturated heterocycles. The molecule has 6 heavy (non-hydrogen) atoms. The van der Waals surface area contributed by atoms with E-state index in [0.29, 0.717) is 0 Å². The fourth-order valence-electron chi connectivity index (χ4n) is 0. The molecule has 0 heterocycles. The van der Waals surface area contributed by atoms with Crippen LogP contribution in [0.5, 0.6) is 0 Å². The Morgan fingerprint density at radius 3 is 1.00 bits per heavy atom. The fourth-order valence-corrected chi connectivity index (χ4v) is 0. The molecule has 3 heteroatoms. The van der Waals surface area contributed by atoms with Crippen LogP contribution in [0.3, 0.4) is 0 Å². The summed E-state index contributed by atoms with van der Waals surface area (Å²) in [6.45, 7) is 4.25. The van der Waals surface area contributed by atoms with Gasteiger partial charge in [0.25, 0.3) is 0 Å². The van der Waals surface area contributed by atoms with Gasteiger partial charge in [-0.05, 0) is 0 Å². The second-order valence-corrected chi connectivity index (χ2v) is 0.707. The molecule has 0 amide bonds. The summed E-state index contributed by atoms with van der Waals surface area (Å²) in [6.07, 6.45) is 1.25. The van der Waals surface area contributed by atoms with Crippen LogP contribution in [-0.2, 0) is 21.7 Å². The van der Waals surface area contributed by atoms with Crippen molar-refractivity contribution in [3.63, 3.8) is 0 Å². The van der Waals surface area contributed by atoms with Crippen molar-refractivity contribution in [3.05, 3.63) is 0 Å². The van der Waals surface area contributed by atoms with E-state index in [9.17, 15) is 0 Å². The zero-order valence-electron chi connectivity index (χ0n) is 4.21. The van der Waals surface area contributed by atoms with Crippen molar-refractivity contribution in [2.45, 2.75) is 20.3 Å². The molecule has 0 aromatic carbocycles. The molecule has 0 aromatic rings. The van der Waals surface area contributed by atoms with Crippen molar-refractivity contribution >= 4 is 0 Å². The number of hydrogen-bond donors (Lipinski definition) is 0. The minimum Gasteiger partial charge on any atom is -0.412 e. The Balaban J connectivity index is -0.00000000667. The molecular weight excluding hydrogens is 116 g/mol. The third-order valence-electron chi connectivity index (χ3n) is 0. The average Bonchev–Trinajstić information content (AvgIpc) is 0.918. The van der Waals surface area contributed by atoms with Crippen molar-refractivity contribution in [1.82, 2.24) is 0 Å². The molecule has 0 unspecified atom stereocenters. The molecule has 0 aliphatic heterocycles. The van der Waals surface area contributed by atoms with Gasteiger partial charge in [0.15, 0.2) is 0 Å². The van der Waals surface area contributed by atoms with E-state index in [4.69, 9.17) is 0 Å². The summed E-state index contributed by atoms with van der Waals surface area (Å²) >= 11 is 0. The SMILES string of the molecule is CCC.O.O.[Ti]. The molecule has 0 spiro atoms. The fraction of sp³-hybridized carbons (Fsp3) is 1.00. The Bertz CT molecular complexity index is 8.75. The Labute approximate surface area is 53.4 Å². The molecule has 0 aromatic heterocycles. The van der Waals surface area contributed by atoms with Gasteiger partial charge in [-0.1, -0.05) is 20.3 Å². The van der Waals surface area contributed by atoms with E-state index in [0.717, 1.165) is 0 Å². The predicted octanol–water partition coefficient (Wildman–Crippen LogP) is -0.236. The quantitative estimate of drug-likeness (QED) is 0.404. The van der Waals surface area contributed by atoms with E-state index in [-0.39, 0.29) is 32.7 Å². The largest absolute Gasteiger partial charge is 0.412 e. The van der Waals surface area contributed by atoms with Crippen LogP contribution < -0.4 is 0 Å². The van der Waals surface area contributed by atoms with Crippen LogP contribution in [0.4, 0.5) is 0 Å². The molecule has 0 bridgehead atoms. The standard InChI is InChI=1S/C3H8.2H2O.Ti/c1-3-2;;;/h3H2,1-2H3;2*1H2;. The molecule has 0 aliphatic carbocycles. The summed E-state index contributed by atoms with van der Waals surface area (Å²) in [5.74, 6) is 0. The summed E-state index contributed by atoms with van der Waals surface area (Å²) in [7, 11) is 0. The van der Waals surface area contributed by atoms with E-state index in [2.05, 4.69) is 13.8 Å². The Morgan fingerprint density at radius 2 is 1.00 bits per heavy atom. The Kier molecular flexibility index (Phi) is 229. The van der Waals surface area contributed by atoms with E-state index in [1.54, 1.807) is 0 Å². The molecule has 40 valence electrons. The summed E-state index contributed by atoms with van der Waals surface area (Å²) in [5.41, 5.74) is 0. The van der Waals surface area contributed by atoms with Gasteiger partial charge in [-0.2, -0.15) is 0 Å². The minimum atomic E-state index is 0. The first-order chi connectivity index (χ1) is 1.41. The Hall–Kier alpha value is 0.634. The molecule has 0 fully saturated rings. The van der Waals surface area contributed by atoms with Gasteiger partial charge in [-0.3, -0.25) is 0 Å². The maximum absolute atomic E-state index is 2.12. The number of rotatable bonds is 0. The topological polar surface area (TPSA) is 63.0 Å². The van der Waals surface area contributed by atoms with Gasteiger partial charge in [0.2, 0.25) is 0 Å². The Morgan fingerprint density at radius 1 is 1.00 bits per heavy atom. The monoisotopic (exact) mass is 128 g/mol. The molecule has 0 rings (SSSR count).